The Kier molecular flexibility index (Phi) is 8.15. The first kappa shape index (κ1) is 23.9. The second kappa shape index (κ2) is 11.3. The van der Waals surface area contributed by atoms with Gasteiger partial charge in [-0.3, -0.25) is 14.6 Å². The Morgan fingerprint density at radius 3 is 1.82 bits per heavy atom. The molecular weight excluding hydrogens is 416 g/mol. The van der Waals surface area contributed by atoms with Gasteiger partial charge in [0.25, 0.3) is 0 Å². The van der Waals surface area contributed by atoms with Crippen LogP contribution in [-0.2, 0) is 9.47 Å². The topological polar surface area (TPSA) is 51.2 Å². The molecular formula is C27H36N2O4. The van der Waals surface area contributed by atoms with Crippen molar-refractivity contribution in [2.24, 2.45) is 0 Å². The van der Waals surface area contributed by atoms with Gasteiger partial charge in [0.1, 0.15) is 5.75 Å². The van der Waals surface area contributed by atoms with Gasteiger partial charge in [-0.15, -0.1) is 0 Å². The summed E-state index contributed by atoms with van der Waals surface area (Å²) in [6.07, 6.45) is 0. The molecule has 33 heavy (non-hydrogen) atoms. The lowest BCUT2D eigenvalue weighted by Crippen LogP contribution is -2.55. The second-order valence-corrected chi connectivity index (χ2v) is 9.10. The zero-order chi connectivity index (χ0) is 23.2. The molecule has 2 atom stereocenters. The first-order valence-electron chi connectivity index (χ1n) is 12.0. The van der Waals surface area contributed by atoms with Crippen LogP contribution in [-0.4, -0.2) is 81.3 Å². The normalized spacial score (nSPS) is 19.9. The van der Waals surface area contributed by atoms with Gasteiger partial charge in [0.2, 0.25) is 0 Å². The molecule has 0 saturated carbocycles. The summed E-state index contributed by atoms with van der Waals surface area (Å²) in [5.74, 6) is 1.42. The third kappa shape index (κ3) is 5.64. The number of Topliss-reactive ketones (excluding diaryl/α,β-unsaturated/α-hetero) is 1. The summed E-state index contributed by atoms with van der Waals surface area (Å²) in [5, 5.41) is 0. The van der Waals surface area contributed by atoms with Crippen LogP contribution in [0, 0.1) is 0 Å². The zero-order valence-corrected chi connectivity index (χ0v) is 20.0. The quantitative estimate of drug-likeness (QED) is 0.569. The molecule has 0 aliphatic carbocycles. The van der Waals surface area contributed by atoms with Crippen molar-refractivity contribution < 1.29 is 19.0 Å². The molecule has 0 amide bonds. The van der Waals surface area contributed by atoms with E-state index < -0.39 is 0 Å². The Bertz CT molecular complexity index is 885. The SMILES string of the molecule is COc1ccc(C(C(C(=O)c2ccc(C(C)C)cc2)N2CCOCC2)N2CCOCC2)cc1. The average molecular weight is 453 g/mol. The fourth-order valence-corrected chi connectivity index (χ4v) is 4.82. The predicted octanol–water partition coefficient (Wildman–Crippen LogP) is 3.78. The highest BCUT2D eigenvalue weighted by molar-refractivity contribution is 6.00. The number of nitrogens with zero attached hydrogens (tertiary/aromatic N) is 2. The molecule has 2 aliphatic heterocycles. The number of hydrogen-bond donors (Lipinski definition) is 0. The van der Waals surface area contributed by atoms with Gasteiger partial charge >= 0.3 is 0 Å². The summed E-state index contributed by atoms with van der Waals surface area (Å²) in [6, 6.07) is 16.0. The lowest BCUT2D eigenvalue weighted by molar-refractivity contribution is -0.0301. The number of carbonyl (C=O) groups excluding carboxylic acids is 1. The molecule has 0 aromatic heterocycles. The Balaban J connectivity index is 1.74. The van der Waals surface area contributed by atoms with Crippen LogP contribution in [0.5, 0.6) is 5.75 Å². The van der Waals surface area contributed by atoms with Gasteiger partial charge in [0.05, 0.1) is 45.6 Å². The largest absolute Gasteiger partial charge is 0.497 e. The van der Waals surface area contributed by atoms with Crippen molar-refractivity contribution in [1.82, 2.24) is 9.80 Å². The Morgan fingerprint density at radius 2 is 1.30 bits per heavy atom. The number of methoxy groups -OCH3 is 1. The summed E-state index contributed by atoms with van der Waals surface area (Å²) in [7, 11) is 1.68. The smallest absolute Gasteiger partial charge is 0.181 e. The molecule has 0 bridgehead atoms. The Hall–Kier alpha value is -2.25. The van der Waals surface area contributed by atoms with E-state index in [1.807, 2.05) is 24.3 Å². The highest BCUT2D eigenvalue weighted by Crippen LogP contribution is 2.33. The standard InChI is InChI=1S/C27H36N2O4/c1-20(2)21-4-6-23(7-5-21)27(30)26(29-14-18-33-19-15-29)25(28-12-16-32-17-13-28)22-8-10-24(31-3)11-9-22/h4-11,20,25-26H,12-19H2,1-3H3. The number of hydrogen-bond acceptors (Lipinski definition) is 6. The van der Waals surface area contributed by atoms with E-state index in [0.29, 0.717) is 32.3 Å². The van der Waals surface area contributed by atoms with E-state index in [9.17, 15) is 4.79 Å². The fourth-order valence-electron chi connectivity index (χ4n) is 4.82. The number of morpholine rings is 2. The minimum Gasteiger partial charge on any atom is -0.497 e. The monoisotopic (exact) mass is 452 g/mol. The van der Waals surface area contributed by atoms with Crippen LogP contribution in [0.4, 0.5) is 0 Å². The van der Waals surface area contributed by atoms with Crippen LogP contribution in [0.1, 0.15) is 47.3 Å². The predicted molar refractivity (Wildman–Crippen MR) is 129 cm³/mol. The van der Waals surface area contributed by atoms with E-state index in [0.717, 1.165) is 43.1 Å². The molecule has 0 radical (unpaired) electrons. The van der Waals surface area contributed by atoms with Crippen LogP contribution in [0.3, 0.4) is 0 Å². The molecule has 0 spiro atoms. The van der Waals surface area contributed by atoms with Gasteiger partial charge in [0.15, 0.2) is 5.78 Å². The summed E-state index contributed by atoms with van der Waals surface area (Å²) < 4.78 is 16.7. The van der Waals surface area contributed by atoms with E-state index in [-0.39, 0.29) is 17.9 Å². The number of ether oxygens (including phenoxy) is 3. The Morgan fingerprint density at radius 1 is 0.788 bits per heavy atom. The number of carbonyl (C=O) groups is 1. The fraction of sp³-hybridized carbons (Fsp3) is 0.519. The number of ketones is 1. The van der Waals surface area contributed by atoms with Crippen LogP contribution in [0.25, 0.3) is 0 Å². The van der Waals surface area contributed by atoms with E-state index in [2.05, 4.69) is 47.9 Å². The van der Waals surface area contributed by atoms with Gasteiger partial charge in [-0.2, -0.15) is 0 Å². The van der Waals surface area contributed by atoms with Gasteiger partial charge < -0.3 is 14.2 Å². The molecule has 2 aromatic carbocycles. The van der Waals surface area contributed by atoms with Gasteiger partial charge in [-0.05, 0) is 29.2 Å². The summed E-state index contributed by atoms with van der Waals surface area (Å²) in [4.78, 5) is 18.9. The summed E-state index contributed by atoms with van der Waals surface area (Å²) >= 11 is 0. The molecule has 4 rings (SSSR count). The Labute approximate surface area is 197 Å². The van der Waals surface area contributed by atoms with Crippen molar-refractivity contribution in [3.05, 3.63) is 65.2 Å². The molecule has 6 nitrogen and oxygen atoms in total. The molecule has 2 aliphatic rings. The maximum atomic E-state index is 14.1. The van der Waals surface area contributed by atoms with Crippen molar-refractivity contribution in [3.63, 3.8) is 0 Å². The maximum Gasteiger partial charge on any atom is 0.181 e. The molecule has 0 N–H and O–H groups in total. The molecule has 2 unspecified atom stereocenters. The van der Waals surface area contributed by atoms with Crippen molar-refractivity contribution >= 4 is 5.78 Å². The van der Waals surface area contributed by atoms with E-state index >= 15 is 0 Å². The molecule has 6 heteroatoms. The highest BCUT2D eigenvalue weighted by atomic mass is 16.5. The van der Waals surface area contributed by atoms with Gasteiger partial charge in [0, 0.05) is 31.7 Å². The minimum atomic E-state index is -0.301. The number of benzene rings is 2. The second-order valence-electron chi connectivity index (χ2n) is 9.10. The summed E-state index contributed by atoms with van der Waals surface area (Å²) in [6.45, 7) is 10.1. The highest BCUT2D eigenvalue weighted by Gasteiger charge is 2.39. The van der Waals surface area contributed by atoms with Crippen LogP contribution < -0.4 is 4.74 Å². The lowest BCUT2D eigenvalue weighted by Gasteiger charge is -2.44. The van der Waals surface area contributed by atoms with Crippen LogP contribution in [0.15, 0.2) is 48.5 Å². The first-order chi connectivity index (χ1) is 16.1. The lowest BCUT2D eigenvalue weighted by atomic mass is 9.88. The maximum absolute atomic E-state index is 14.1. The molecule has 2 fully saturated rings. The van der Waals surface area contributed by atoms with E-state index in [1.54, 1.807) is 7.11 Å². The van der Waals surface area contributed by atoms with Crippen molar-refractivity contribution in [1.29, 1.82) is 0 Å². The molecule has 2 saturated heterocycles. The third-order valence-electron chi connectivity index (χ3n) is 6.77. The van der Waals surface area contributed by atoms with E-state index in [4.69, 9.17) is 14.2 Å². The van der Waals surface area contributed by atoms with Crippen molar-refractivity contribution in [2.75, 3.05) is 59.7 Å². The minimum absolute atomic E-state index is 0.0739. The molecule has 178 valence electrons. The van der Waals surface area contributed by atoms with Gasteiger partial charge in [-0.1, -0.05) is 50.2 Å². The molecule has 2 heterocycles. The third-order valence-corrected chi connectivity index (χ3v) is 6.77. The van der Waals surface area contributed by atoms with Gasteiger partial charge in [-0.25, -0.2) is 0 Å². The van der Waals surface area contributed by atoms with Crippen LogP contribution in [0.2, 0.25) is 0 Å². The van der Waals surface area contributed by atoms with Crippen molar-refractivity contribution in [2.45, 2.75) is 31.8 Å². The first-order valence-corrected chi connectivity index (χ1v) is 12.0. The molecule has 2 aromatic rings. The van der Waals surface area contributed by atoms with E-state index in [1.165, 1.54) is 5.56 Å². The zero-order valence-electron chi connectivity index (χ0n) is 20.0. The average Bonchev–Trinajstić information content (AvgIpc) is 2.88. The van der Waals surface area contributed by atoms with Crippen molar-refractivity contribution in [3.8, 4) is 5.75 Å². The number of rotatable bonds is 8. The summed E-state index contributed by atoms with van der Waals surface area (Å²) in [5.41, 5.74) is 3.14. The van der Waals surface area contributed by atoms with Crippen LogP contribution >= 0.6 is 0 Å².